The maximum atomic E-state index is 5.30. The van der Waals surface area contributed by atoms with Gasteiger partial charge < -0.3 is 0 Å². The van der Waals surface area contributed by atoms with Gasteiger partial charge in [-0.3, -0.25) is 0 Å². The lowest BCUT2D eigenvalue weighted by atomic mass is 9.67. The predicted octanol–water partition coefficient (Wildman–Crippen LogP) is 15.0. The standard InChI is InChI=1S/C59H38N2/c1-5-18-39(19-6-1)55-38-56(40-20-7-2-8-21-40)61-58(60-55)50-30-17-29-48-45-26-13-14-27-46(45)51-36-41(32-34-49(51)57(48)50)42-33-35-54-52(37-42)47-28-15-16-31-53(47)59(54,43-22-9-3-10-23-43)44-24-11-4-12-25-44/h1-38H. The van der Waals surface area contributed by atoms with Gasteiger partial charge in [0.25, 0.3) is 0 Å². The fourth-order valence-corrected chi connectivity index (χ4v) is 10.1. The van der Waals surface area contributed by atoms with Crippen molar-refractivity contribution in [2.24, 2.45) is 0 Å². The number of benzene rings is 10. The quantitative estimate of drug-likeness (QED) is 0.157. The minimum Gasteiger partial charge on any atom is -0.228 e. The number of rotatable bonds is 6. The Balaban J connectivity index is 1.08. The Bertz CT molecular complexity index is 3350. The van der Waals surface area contributed by atoms with Gasteiger partial charge in [0.05, 0.1) is 16.8 Å². The van der Waals surface area contributed by atoms with Crippen LogP contribution in [0.3, 0.4) is 0 Å². The van der Waals surface area contributed by atoms with Crippen LogP contribution in [-0.2, 0) is 5.41 Å². The summed E-state index contributed by atoms with van der Waals surface area (Å²) in [4.78, 5) is 10.6. The van der Waals surface area contributed by atoms with E-state index in [4.69, 9.17) is 9.97 Å². The lowest BCUT2D eigenvalue weighted by Gasteiger charge is -2.33. The van der Waals surface area contributed by atoms with Crippen molar-refractivity contribution < 1.29 is 0 Å². The third-order valence-electron chi connectivity index (χ3n) is 12.8. The van der Waals surface area contributed by atoms with Gasteiger partial charge >= 0.3 is 0 Å². The van der Waals surface area contributed by atoms with Crippen LogP contribution in [0.4, 0.5) is 0 Å². The highest BCUT2D eigenvalue weighted by atomic mass is 14.9. The molecular weight excluding hydrogens is 737 g/mol. The van der Waals surface area contributed by atoms with Gasteiger partial charge in [0.2, 0.25) is 0 Å². The molecule has 10 aromatic carbocycles. The molecular formula is C59H38N2. The molecule has 0 unspecified atom stereocenters. The molecule has 1 aromatic heterocycles. The largest absolute Gasteiger partial charge is 0.228 e. The number of nitrogens with zero attached hydrogens (tertiary/aromatic N) is 2. The summed E-state index contributed by atoms with van der Waals surface area (Å²) in [5, 5.41) is 7.18. The van der Waals surface area contributed by atoms with Gasteiger partial charge in [0, 0.05) is 22.1 Å². The van der Waals surface area contributed by atoms with Gasteiger partial charge in [0.15, 0.2) is 5.82 Å². The van der Waals surface area contributed by atoms with Crippen molar-refractivity contribution in [1.82, 2.24) is 9.97 Å². The molecule has 0 amide bonds. The first kappa shape index (κ1) is 35.0. The molecule has 2 heteroatoms. The fourth-order valence-electron chi connectivity index (χ4n) is 10.1. The highest BCUT2D eigenvalue weighted by molar-refractivity contribution is 6.28. The van der Waals surface area contributed by atoms with Crippen LogP contribution in [0.1, 0.15) is 22.3 Å². The van der Waals surface area contributed by atoms with Gasteiger partial charge in [-0.2, -0.15) is 0 Å². The molecule has 0 fully saturated rings. The maximum absolute atomic E-state index is 5.30. The third kappa shape index (κ3) is 5.50. The van der Waals surface area contributed by atoms with Gasteiger partial charge in [-0.05, 0) is 89.6 Å². The van der Waals surface area contributed by atoms with E-state index in [0.29, 0.717) is 5.82 Å². The highest BCUT2D eigenvalue weighted by Crippen LogP contribution is 2.56. The second-order valence-corrected chi connectivity index (χ2v) is 16.0. The third-order valence-corrected chi connectivity index (χ3v) is 12.8. The average Bonchev–Trinajstić information content (AvgIpc) is 3.65. The summed E-state index contributed by atoms with van der Waals surface area (Å²) in [6, 6.07) is 83.5. The Labute approximate surface area is 355 Å². The van der Waals surface area contributed by atoms with Crippen molar-refractivity contribution in [1.29, 1.82) is 0 Å². The number of hydrogen-bond acceptors (Lipinski definition) is 2. The Morgan fingerprint density at radius 2 is 0.754 bits per heavy atom. The van der Waals surface area contributed by atoms with E-state index in [0.717, 1.165) is 33.5 Å². The normalized spacial score (nSPS) is 12.7. The zero-order chi connectivity index (χ0) is 40.3. The molecule has 11 aromatic rings. The Kier molecular flexibility index (Phi) is 8.11. The molecule has 0 saturated heterocycles. The fraction of sp³-hybridized carbons (Fsp3) is 0.0169. The molecule has 61 heavy (non-hydrogen) atoms. The van der Waals surface area contributed by atoms with Crippen LogP contribution in [0.2, 0.25) is 0 Å². The van der Waals surface area contributed by atoms with E-state index >= 15 is 0 Å². The Hall–Kier alpha value is -7.94. The first-order valence-corrected chi connectivity index (χ1v) is 21.0. The van der Waals surface area contributed by atoms with Gasteiger partial charge in [-0.25, -0.2) is 9.97 Å². The Morgan fingerprint density at radius 1 is 0.279 bits per heavy atom. The van der Waals surface area contributed by atoms with E-state index in [2.05, 4.69) is 218 Å². The van der Waals surface area contributed by atoms with Crippen LogP contribution in [0, 0.1) is 0 Å². The molecule has 0 bridgehead atoms. The monoisotopic (exact) mass is 774 g/mol. The van der Waals surface area contributed by atoms with Crippen molar-refractivity contribution in [3.8, 4) is 56.2 Å². The van der Waals surface area contributed by atoms with Gasteiger partial charge in [0.1, 0.15) is 0 Å². The summed E-state index contributed by atoms with van der Waals surface area (Å²) < 4.78 is 0. The summed E-state index contributed by atoms with van der Waals surface area (Å²) >= 11 is 0. The lowest BCUT2D eigenvalue weighted by molar-refractivity contribution is 0.768. The molecule has 12 rings (SSSR count). The minimum atomic E-state index is -0.428. The molecule has 0 N–H and O–H groups in total. The van der Waals surface area contributed by atoms with Crippen molar-refractivity contribution in [3.05, 3.63) is 253 Å². The van der Waals surface area contributed by atoms with E-state index in [1.165, 1.54) is 71.4 Å². The molecule has 1 aliphatic rings. The van der Waals surface area contributed by atoms with Crippen LogP contribution in [0.5, 0.6) is 0 Å². The summed E-state index contributed by atoms with van der Waals surface area (Å²) in [7, 11) is 0. The van der Waals surface area contributed by atoms with E-state index in [9.17, 15) is 0 Å². The molecule has 0 radical (unpaired) electrons. The highest BCUT2D eigenvalue weighted by Gasteiger charge is 2.46. The molecule has 0 aliphatic heterocycles. The van der Waals surface area contributed by atoms with Gasteiger partial charge in [-0.15, -0.1) is 0 Å². The molecule has 2 nitrogen and oxygen atoms in total. The molecule has 1 aliphatic carbocycles. The topological polar surface area (TPSA) is 25.8 Å². The summed E-state index contributed by atoms with van der Waals surface area (Å²) in [5.74, 6) is 0.712. The zero-order valence-corrected chi connectivity index (χ0v) is 33.3. The van der Waals surface area contributed by atoms with E-state index in [1.54, 1.807) is 0 Å². The lowest BCUT2D eigenvalue weighted by Crippen LogP contribution is -2.28. The van der Waals surface area contributed by atoms with Crippen LogP contribution >= 0.6 is 0 Å². The van der Waals surface area contributed by atoms with Crippen molar-refractivity contribution in [2.75, 3.05) is 0 Å². The van der Waals surface area contributed by atoms with E-state index < -0.39 is 5.41 Å². The molecule has 1 heterocycles. The van der Waals surface area contributed by atoms with Crippen LogP contribution in [-0.4, -0.2) is 9.97 Å². The van der Waals surface area contributed by atoms with Gasteiger partial charge in [-0.1, -0.05) is 212 Å². The van der Waals surface area contributed by atoms with Crippen LogP contribution in [0.25, 0.3) is 88.5 Å². The second kappa shape index (κ2) is 14.1. The minimum absolute atomic E-state index is 0.428. The summed E-state index contributed by atoms with van der Waals surface area (Å²) in [6.07, 6.45) is 0. The first-order chi connectivity index (χ1) is 30.3. The zero-order valence-electron chi connectivity index (χ0n) is 33.3. The molecule has 0 atom stereocenters. The average molecular weight is 775 g/mol. The smallest absolute Gasteiger partial charge is 0.161 e. The number of aromatic nitrogens is 2. The van der Waals surface area contributed by atoms with E-state index in [-0.39, 0.29) is 0 Å². The molecule has 284 valence electrons. The van der Waals surface area contributed by atoms with E-state index in [1.807, 2.05) is 12.1 Å². The van der Waals surface area contributed by atoms with Crippen molar-refractivity contribution in [3.63, 3.8) is 0 Å². The Morgan fingerprint density at radius 3 is 1.41 bits per heavy atom. The summed E-state index contributed by atoms with van der Waals surface area (Å²) in [6.45, 7) is 0. The first-order valence-electron chi connectivity index (χ1n) is 21.0. The number of hydrogen-bond donors (Lipinski definition) is 0. The van der Waals surface area contributed by atoms with Crippen LogP contribution in [0.15, 0.2) is 231 Å². The number of fused-ring (bicyclic) bond motifs is 9. The SMILES string of the molecule is c1ccc(-c2cc(-c3ccccc3)nc(-c3cccc4c5ccccc5c5cc(-c6ccc7c(c6)-c6ccccc6C7(c6ccccc6)c6ccccc6)ccc5c34)n2)cc1. The molecule has 0 spiro atoms. The molecule has 0 saturated carbocycles. The van der Waals surface area contributed by atoms with Crippen molar-refractivity contribution >= 4 is 32.3 Å². The second-order valence-electron chi connectivity index (χ2n) is 16.0. The predicted molar refractivity (Wildman–Crippen MR) is 254 cm³/mol. The van der Waals surface area contributed by atoms with Crippen LogP contribution < -0.4 is 0 Å². The summed E-state index contributed by atoms with van der Waals surface area (Å²) in [5.41, 5.74) is 14.6. The maximum Gasteiger partial charge on any atom is 0.161 e. The van der Waals surface area contributed by atoms with Crippen molar-refractivity contribution in [2.45, 2.75) is 5.41 Å².